The third-order valence-electron chi connectivity index (χ3n) is 7.20. The molecule has 0 radical (unpaired) electrons. The molecule has 0 spiro atoms. The zero-order chi connectivity index (χ0) is 28.2. The maximum atomic E-state index is 13.9. The van der Waals surface area contributed by atoms with Crippen molar-refractivity contribution >= 4 is 28.5 Å². The monoisotopic (exact) mass is 561 g/mol. The van der Waals surface area contributed by atoms with Crippen LogP contribution in [-0.2, 0) is 6.54 Å². The van der Waals surface area contributed by atoms with Crippen LogP contribution in [-0.4, -0.2) is 31.6 Å². The zero-order valence-corrected chi connectivity index (χ0v) is 23.6. The summed E-state index contributed by atoms with van der Waals surface area (Å²) in [4.78, 5) is 29.3. The second-order valence-corrected chi connectivity index (χ2v) is 10.3. The number of amides is 1. The van der Waals surface area contributed by atoms with Crippen molar-refractivity contribution in [3.8, 4) is 17.2 Å². The van der Waals surface area contributed by atoms with Crippen LogP contribution in [0.3, 0.4) is 0 Å². The van der Waals surface area contributed by atoms with Crippen LogP contribution in [0.15, 0.2) is 69.9 Å². The van der Waals surface area contributed by atoms with Gasteiger partial charge in [0, 0.05) is 11.6 Å². The smallest absolute Gasteiger partial charge is 0.291 e. The Kier molecular flexibility index (Phi) is 8.31. The molecule has 1 amide bonds. The van der Waals surface area contributed by atoms with Gasteiger partial charge in [-0.2, -0.15) is 0 Å². The standard InChI is InChI=1S/C32H32ClNO6/c1-4-5-6-7-16-39-26-14-10-21(17-27(26)38-3)29-28-30(35)24-18-22(33)11-15-25(24)40-31(28)32(36)34(29)19-20-8-12-23(37-2)13-9-20/h8-15,17-18,29H,4-7,16,19H2,1-3H3. The number of rotatable bonds is 11. The fraction of sp³-hybridized carbons (Fsp3) is 0.312. The van der Waals surface area contributed by atoms with Crippen LogP contribution in [0.5, 0.6) is 17.2 Å². The first-order valence-corrected chi connectivity index (χ1v) is 13.8. The van der Waals surface area contributed by atoms with Gasteiger partial charge in [0.2, 0.25) is 5.76 Å². The van der Waals surface area contributed by atoms with E-state index in [-0.39, 0.29) is 29.2 Å². The van der Waals surface area contributed by atoms with Crippen molar-refractivity contribution in [3.63, 3.8) is 0 Å². The van der Waals surface area contributed by atoms with Crippen molar-refractivity contribution in [2.45, 2.75) is 45.2 Å². The molecule has 208 valence electrons. The second-order valence-electron chi connectivity index (χ2n) is 9.82. The van der Waals surface area contributed by atoms with Crippen LogP contribution in [0.4, 0.5) is 0 Å². The van der Waals surface area contributed by atoms with Gasteiger partial charge in [-0.15, -0.1) is 0 Å². The van der Waals surface area contributed by atoms with Crippen LogP contribution in [0.1, 0.15) is 65.9 Å². The molecule has 1 atom stereocenters. The van der Waals surface area contributed by atoms with Gasteiger partial charge in [0.05, 0.1) is 37.8 Å². The number of methoxy groups -OCH3 is 2. The second kappa shape index (κ2) is 12.0. The number of hydrogen-bond acceptors (Lipinski definition) is 6. The Balaban J connectivity index is 1.57. The normalized spacial score (nSPS) is 14.4. The summed E-state index contributed by atoms with van der Waals surface area (Å²) in [5.41, 5.74) is 1.90. The summed E-state index contributed by atoms with van der Waals surface area (Å²) in [6, 6.07) is 17.1. The lowest BCUT2D eigenvalue weighted by Crippen LogP contribution is -2.29. The third-order valence-corrected chi connectivity index (χ3v) is 7.43. The Morgan fingerprint density at radius 3 is 2.42 bits per heavy atom. The largest absolute Gasteiger partial charge is 0.497 e. The summed E-state index contributed by atoms with van der Waals surface area (Å²) >= 11 is 6.21. The summed E-state index contributed by atoms with van der Waals surface area (Å²) in [5.74, 6) is 1.54. The molecule has 4 aromatic rings. The van der Waals surface area contributed by atoms with E-state index in [1.54, 1.807) is 37.3 Å². The van der Waals surface area contributed by atoms with E-state index in [0.717, 1.165) is 24.8 Å². The van der Waals surface area contributed by atoms with Crippen molar-refractivity contribution in [1.82, 2.24) is 4.90 Å². The lowest BCUT2D eigenvalue weighted by atomic mass is 9.97. The van der Waals surface area contributed by atoms with Crippen LogP contribution < -0.4 is 19.6 Å². The first-order chi connectivity index (χ1) is 19.4. The van der Waals surface area contributed by atoms with Gasteiger partial charge >= 0.3 is 0 Å². The first-order valence-electron chi connectivity index (χ1n) is 13.5. The highest BCUT2D eigenvalue weighted by atomic mass is 35.5. The highest BCUT2D eigenvalue weighted by Crippen LogP contribution is 2.42. The summed E-state index contributed by atoms with van der Waals surface area (Å²) in [6.45, 7) is 3.01. The number of hydrogen-bond donors (Lipinski definition) is 0. The Hall–Kier alpha value is -3.97. The highest BCUT2D eigenvalue weighted by molar-refractivity contribution is 6.31. The Labute approximate surface area is 238 Å². The maximum Gasteiger partial charge on any atom is 0.291 e. The summed E-state index contributed by atoms with van der Waals surface area (Å²) in [7, 11) is 3.18. The van der Waals surface area contributed by atoms with Crippen LogP contribution >= 0.6 is 11.6 Å². The van der Waals surface area contributed by atoms with Gasteiger partial charge in [-0.1, -0.05) is 56.0 Å². The molecule has 0 saturated carbocycles. The molecule has 0 bridgehead atoms. The number of benzene rings is 3. The molecule has 7 nitrogen and oxygen atoms in total. The van der Waals surface area contributed by atoms with E-state index >= 15 is 0 Å². The maximum absolute atomic E-state index is 13.9. The van der Waals surface area contributed by atoms with E-state index in [1.165, 1.54) is 6.42 Å². The molecular weight excluding hydrogens is 530 g/mol. The number of fused-ring (bicyclic) bond motifs is 2. The van der Waals surface area contributed by atoms with Gasteiger partial charge in [0.25, 0.3) is 5.91 Å². The van der Waals surface area contributed by atoms with Crippen molar-refractivity contribution in [1.29, 1.82) is 0 Å². The molecule has 0 aliphatic carbocycles. The molecule has 2 heterocycles. The fourth-order valence-electron chi connectivity index (χ4n) is 5.11. The number of carbonyl (C=O) groups excluding carboxylic acids is 1. The highest BCUT2D eigenvalue weighted by Gasteiger charge is 2.43. The Morgan fingerprint density at radius 2 is 1.70 bits per heavy atom. The fourth-order valence-corrected chi connectivity index (χ4v) is 5.29. The van der Waals surface area contributed by atoms with Gasteiger partial charge in [-0.05, 0) is 60.0 Å². The Morgan fingerprint density at radius 1 is 0.900 bits per heavy atom. The van der Waals surface area contributed by atoms with Crippen LogP contribution in [0.25, 0.3) is 11.0 Å². The van der Waals surface area contributed by atoms with Crippen LogP contribution in [0.2, 0.25) is 5.02 Å². The number of ether oxygens (including phenoxy) is 3. The quantitative estimate of drug-likeness (QED) is 0.181. The molecule has 0 fully saturated rings. The van der Waals surface area contributed by atoms with Crippen LogP contribution in [0, 0.1) is 0 Å². The Bertz CT molecular complexity index is 1580. The molecule has 8 heteroatoms. The van der Waals surface area contributed by atoms with Gasteiger partial charge in [-0.3, -0.25) is 9.59 Å². The van der Waals surface area contributed by atoms with Crippen molar-refractivity contribution in [2.24, 2.45) is 0 Å². The minimum absolute atomic E-state index is 0.0357. The molecule has 40 heavy (non-hydrogen) atoms. The van der Waals surface area contributed by atoms with Gasteiger partial charge < -0.3 is 23.5 Å². The molecule has 3 aromatic carbocycles. The van der Waals surface area contributed by atoms with Crippen molar-refractivity contribution < 1.29 is 23.4 Å². The molecule has 1 aliphatic rings. The van der Waals surface area contributed by atoms with Gasteiger partial charge in [0.15, 0.2) is 16.9 Å². The van der Waals surface area contributed by atoms with Gasteiger partial charge in [0.1, 0.15) is 11.3 Å². The predicted octanol–water partition coefficient (Wildman–Crippen LogP) is 7.17. The summed E-state index contributed by atoms with van der Waals surface area (Å²) in [5, 5.41) is 0.743. The summed E-state index contributed by atoms with van der Waals surface area (Å²) < 4.78 is 23.0. The molecule has 0 N–H and O–H groups in total. The zero-order valence-electron chi connectivity index (χ0n) is 22.9. The lowest BCUT2D eigenvalue weighted by Gasteiger charge is -2.26. The van der Waals surface area contributed by atoms with E-state index in [0.29, 0.717) is 45.4 Å². The third kappa shape index (κ3) is 5.39. The molecular formula is C32H32ClNO6. The van der Waals surface area contributed by atoms with E-state index in [2.05, 4.69) is 6.92 Å². The number of unbranched alkanes of at least 4 members (excludes halogenated alkanes) is 3. The number of nitrogens with zero attached hydrogens (tertiary/aromatic N) is 1. The minimum Gasteiger partial charge on any atom is -0.497 e. The van der Waals surface area contributed by atoms with Gasteiger partial charge in [-0.25, -0.2) is 0 Å². The van der Waals surface area contributed by atoms with Crippen molar-refractivity contribution in [3.05, 3.63) is 98.4 Å². The molecule has 5 rings (SSSR count). The average Bonchev–Trinajstić information content (AvgIpc) is 3.25. The van der Waals surface area contributed by atoms with E-state index in [9.17, 15) is 9.59 Å². The molecule has 0 saturated heterocycles. The van der Waals surface area contributed by atoms with E-state index in [4.69, 9.17) is 30.2 Å². The van der Waals surface area contributed by atoms with E-state index < -0.39 is 6.04 Å². The van der Waals surface area contributed by atoms with E-state index in [1.807, 2.05) is 42.5 Å². The lowest BCUT2D eigenvalue weighted by molar-refractivity contribution is 0.0714. The first kappa shape index (κ1) is 27.6. The topological polar surface area (TPSA) is 78.2 Å². The average molecular weight is 562 g/mol. The number of carbonyl (C=O) groups is 1. The number of halogens is 1. The predicted molar refractivity (Wildman–Crippen MR) is 155 cm³/mol. The summed E-state index contributed by atoms with van der Waals surface area (Å²) in [6.07, 6.45) is 4.38. The minimum atomic E-state index is -0.697. The molecule has 1 aliphatic heterocycles. The van der Waals surface area contributed by atoms with Crippen molar-refractivity contribution in [2.75, 3.05) is 20.8 Å². The molecule has 1 unspecified atom stereocenters. The SMILES string of the molecule is CCCCCCOc1ccc(C2c3c(oc4ccc(Cl)cc4c3=O)C(=O)N2Cc2ccc(OC)cc2)cc1OC. The molecule has 1 aromatic heterocycles.